The maximum atomic E-state index is 6.13. The maximum absolute atomic E-state index is 6.13. The number of hydrogen-bond acceptors (Lipinski definition) is 2. The topological polar surface area (TPSA) is 18.5 Å². The van der Waals surface area contributed by atoms with Gasteiger partial charge in [-0.3, -0.25) is 0 Å². The molecular formula is C15H21ClO2. The van der Waals surface area contributed by atoms with Crippen LogP contribution in [0.3, 0.4) is 0 Å². The molecule has 1 heterocycles. The predicted molar refractivity (Wildman–Crippen MR) is 75.0 cm³/mol. The summed E-state index contributed by atoms with van der Waals surface area (Å²) in [7, 11) is 0. The van der Waals surface area contributed by atoms with Gasteiger partial charge in [0.15, 0.2) is 11.5 Å². The third-order valence-electron chi connectivity index (χ3n) is 3.32. The van der Waals surface area contributed by atoms with Crippen LogP contribution >= 0.6 is 11.6 Å². The van der Waals surface area contributed by atoms with Gasteiger partial charge in [-0.25, -0.2) is 0 Å². The van der Waals surface area contributed by atoms with Crippen LogP contribution in [0.25, 0.3) is 0 Å². The Bertz CT molecular complexity index is 413. The van der Waals surface area contributed by atoms with Crippen molar-refractivity contribution in [3.05, 3.63) is 23.8 Å². The largest absolute Gasteiger partial charge is 0.490 e. The molecule has 1 aliphatic heterocycles. The van der Waals surface area contributed by atoms with E-state index in [9.17, 15) is 0 Å². The molecule has 0 aromatic heterocycles. The van der Waals surface area contributed by atoms with Crippen LogP contribution in [-0.4, -0.2) is 18.6 Å². The second kappa shape index (κ2) is 5.40. The normalized spacial score (nSPS) is 17.1. The lowest BCUT2D eigenvalue weighted by Gasteiger charge is -2.27. The molecule has 1 aliphatic rings. The fourth-order valence-electron chi connectivity index (χ4n) is 2.41. The van der Waals surface area contributed by atoms with Gasteiger partial charge < -0.3 is 9.47 Å². The van der Waals surface area contributed by atoms with E-state index in [2.05, 4.69) is 26.0 Å². The minimum Gasteiger partial charge on any atom is -0.490 e. The highest BCUT2D eigenvalue weighted by Gasteiger charge is 2.24. The van der Waals surface area contributed by atoms with Crippen LogP contribution in [0.4, 0.5) is 0 Å². The molecule has 0 fully saturated rings. The number of halogens is 1. The van der Waals surface area contributed by atoms with Crippen LogP contribution in [0.15, 0.2) is 18.2 Å². The Kier molecular flexibility index (Phi) is 4.06. The van der Waals surface area contributed by atoms with Crippen molar-refractivity contribution in [1.82, 2.24) is 0 Å². The van der Waals surface area contributed by atoms with Gasteiger partial charge in [0.05, 0.1) is 13.2 Å². The summed E-state index contributed by atoms with van der Waals surface area (Å²) in [6.07, 6.45) is 1.88. The van der Waals surface area contributed by atoms with Gasteiger partial charge in [-0.15, -0.1) is 11.6 Å². The first-order valence-corrected chi connectivity index (χ1v) is 6.97. The Morgan fingerprint density at radius 3 is 2.56 bits per heavy atom. The molecule has 0 radical (unpaired) electrons. The summed E-state index contributed by atoms with van der Waals surface area (Å²) in [5, 5.41) is 0.163. The Labute approximate surface area is 114 Å². The molecule has 0 aliphatic carbocycles. The highest BCUT2D eigenvalue weighted by atomic mass is 35.5. The van der Waals surface area contributed by atoms with E-state index in [0.29, 0.717) is 0 Å². The molecule has 3 heteroatoms. The molecule has 0 bridgehead atoms. The summed E-state index contributed by atoms with van der Waals surface area (Å²) in [5.41, 5.74) is 1.30. The zero-order valence-electron chi connectivity index (χ0n) is 11.3. The molecule has 0 amide bonds. The zero-order chi connectivity index (χ0) is 13.2. The highest BCUT2D eigenvalue weighted by Crippen LogP contribution is 2.37. The van der Waals surface area contributed by atoms with Gasteiger partial charge in [-0.1, -0.05) is 19.9 Å². The van der Waals surface area contributed by atoms with E-state index in [4.69, 9.17) is 21.1 Å². The summed E-state index contributed by atoms with van der Waals surface area (Å²) in [5.74, 6) is 1.71. The van der Waals surface area contributed by atoms with Crippen molar-refractivity contribution in [2.45, 2.75) is 44.4 Å². The molecule has 100 valence electrons. The van der Waals surface area contributed by atoms with E-state index < -0.39 is 0 Å². The molecule has 1 unspecified atom stereocenters. The van der Waals surface area contributed by atoms with E-state index in [1.54, 1.807) is 0 Å². The molecule has 0 saturated carbocycles. The van der Waals surface area contributed by atoms with Gasteiger partial charge in [0.2, 0.25) is 0 Å². The third-order valence-corrected chi connectivity index (χ3v) is 3.47. The van der Waals surface area contributed by atoms with E-state index in [1.165, 1.54) is 5.56 Å². The molecule has 2 rings (SSSR count). The van der Waals surface area contributed by atoms with Crippen LogP contribution in [0.1, 0.15) is 39.2 Å². The SMILES string of the molecule is CC(Cl)CC(C)(C)c1ccc2c(c1)OCCCO2. The van der Waals surface area contributed by atoms with Crippen LogP contribution in [0.2, 0.25) is 0 Å². The molecule has 1 aromatic rings. The Hall–Kier alpha value is -0.890. The lowest BCUT2D eigenvalue weighted by Crippen LogP contribution is -2.20. The maximum Gasteiger partial charge on any atom is 0.161 e. The first-order valence-electron chi connectivity index (χ1n) is 6.53. The van der Waals surface area contributed by atoms with Gasteiger partial charge in [-0.2, -0.15) is 0 Å². The monoisotopic (exact) mass is 268 g/mol. The molecule has 1 aromatic carbocycles. The molecule has 0 spiro atoms. The van der Waals surface area contributed by atoms with E-state index in [-0.39, 0.29) is 10.8 Å². The summed E-state index contributed by atoms with van der Waals surface area (Å²) >= 11 is 6.13. The number of alkyl halides is 1. The van der Waals surface area contributed by atoms with Crippen molar-refractivity contribution < 1.29 is 9.47 Å². The smallest absolute Gasteiger partial charge is 0.161 e. The molecule has 2 nitrogen and oxygen atoms in total. The number of rotatable bonds is 3. The van der Waals surface area contributed by atoms with Gasteiger partial charge >= 0.3 is 0 Å². The van der Waals surface area contributed by atoms with E-state index in [1.807, 2.05) is 13.0 Å². The molecular weight excluding hydrogens is 248 g/mol. The van der Waals surface area contributed by atoms with Crippen molar-refractivity contribution in [2.75, 3.05) is 13.2 Å². The Balaban J connectivity index is 2.27. The zero-order valence-corrected chi connectivity index (χ0v) is 12.1. The number of benzene rings is 1. The number of fused-ring (bicyclic) bond motifs is 1. The van der Waals surface area contributed by atoms with Gasteiger partial charge in [0.1, 0.15) is 0 Å². The van der Waals surface area contributed by atoms with Crippen molar-refractivity contribution in [1.29, 1.82) is 0 Å². The van der Waals surface area contributed by atoms with Crippen LogP contribution in [0.5, 0.6) is 11.5 Å². The van der Waals surface area contributed by atoms with E-state index >= 15 is 0 Å². The average Bonchev–Trinajstić information content (AvgIpc) is 2.51. The number of ether oxygens (including phenoxy) is 2. The van der Waals surface area contributed by atoms with Crippen LogP contribution in [-0.2, 0) is 5.41 Å². The second-order valence-electron chi connectivity index (χ2n) is 5.58. The highest BCUT2D eigenvalue weighted by molar-refractivity contribution is 6.20. The van der Waals surface area contributed by atoms with Crippen molar-refractivity contribution in [3.8, 4) is 11.5 Å². The molecule has 0 saturated heterocycles. The van der Waals surface area contributed by atoms with E-state index in [0.717, 1.165) is 37.6 Å². The molecule has 0 N–H and O–H groups in total. The molecule has 1 atom stereocenters. The average molecular weight is 269 g/mol. The van der Waals surface area contributed by atoms with Gasteiger partial charge in [-0.05, 0) is 36.5 Å². The lowest BCUT2D eigenvalue weighted by atomic mass is 9.80. The van der Waals surface area contributed by atoms with Crippen LogP contribution < -0.4 is 9.47 Å². The second-order valence-corrected chi connectivity index (χ2v) is 6.33. The summed E-state index contributed by atoms with van der Waals surface area (Å²) in [6.45, 7) is 7.92. The fraction of sp³-hybridized carbons (Fsp3) is 0.600. The standard InChI is InChI=1S/C15H21ClO2/c1-11(16)10-15(2,3)12-5-6-13-14(9-12)18-8-4-7-17-13/h5-6,9,11H,4,7-8,10H2,1-3H3. The van der Waals surface area contributed by atoms with Gasteiger partial charge in [0, 0.05) is 11.8 Å². The Morgan fingerprint density at radius 1 is 1.22 bits per heavy atom. The van der Waals surface area contributed by atoms with Crippen molar-refractivity contribution >= 4 is 11.6 Å². The lowest BCUT2D eigenvalue weighted by molar-refractivity contribution is 0.296. The minimum atomic E-state index is 0.0475. The van der Waals surface area contributed by atoms with Crippen molar-refractivity contribution in [3.63, 3.8) is 0 Å². The van der Waals surface area contributed by atoms with Crippen LogP contribution in [0, 0.1) is 0 Å². The minimum absolute atomic E-state index is 0.0475. The summed E-state index contributed by atoms with van der Waals surface area (Å²) in [6, 6.07) is 6.23. The third kappa shape index (κ3) is 3.11. The first kappa shape index (κ1) is 13.5. The summed E-state index contributed by atoms with van der Waals surface area (Å²) < 4.78 is 11.4. The quantitative estimate of drug-likeness (QED) is 0.767. The van der Waals surface area contributed by atoms with Gasteiger partial charge in [0.25, 0.3) is 0 Å². The predicted octanol–water partition coefficient (Wildman–Crippen LogP) is 4.14. The molecule has 18 heavy (non-hydrogen) atoms. The fourth-order valence-corrected chi connectivity index (χ4v) is 2.79. The Morgan fingerprint density at radius 2 is 1.89 bits per heavy atom. The van der Waals surface area contributed by atoms with Crippen molar-refractivity contribution in [2.24, 2.45) is 0 Å². The number of hydrogen-bond donors (Lipinski definition) is 0. The first-order chi connectivity index (χ1) is 8.49. The summed E-state index contributed by atoms with van der Waals surface area (Å²) in [4.78, 5) is 0.